The molecule has 9 nitrogen and oxygen atoms in total. The second-order valence-electron chi connectivity index (χ2n) is 8.09. The fourth-order valence-electron chi connectivity index (χ4n) is 3.90. The summed E-state index contributed by atoms with van der Waals surface area (Å²) in [5, 5.41) is 3.39. The lowest BCUT2D eigenvalue weighted by Gasteiger charge is -2.33. The molecule has 3 aliphatic rings. The van der Waals surface area contributed by atoms with E-state index in [1.807, 2.05) is 29.3 Å². The summed E-state index contributed by atoms with van der Waals surface area (Å²) in [5.74, 6) is 0.779. The number of piperazine rings is 1. The third kappa shape index (κ3) is 4.32. The fourth-order valence-corrected chi connectivity index (χ4v) is 6.20. The minimum atomic E-state index is -3.40. The first-order valence-corrected chi connectivity index (χ1v) is 12.9. The Morgan fingerprint density at radius 3 is 2.69 bits per heavy atom. The molecule has 0 spiro atoms. The Hall–Kier alpha value is -2.63. The number of thioether (sulfide) groups is 1. The maximum atomic E-state index is 12.7. The van der Waals surface area contributed by atoms with Gasteiger partial charge in [-0.2, -0.15) is 0 Å². The molecule has 1 saturated heterocycles. The van der Waals surface area contributed by atoms with Gasteiger partial charge in [0, 0.05) is 55.9 Å². The number of hydrogen-bond acceptors (Lipinski definition) is 8. The van der Waals surface area contributed by atoms with Crippen molar-refractivity contribution in [2.75, 3.05) is 55.3 Å². The van der Waals surface area contributed by atoms with Crippen LogP contribution in [0.5, 0.6) is 0 Å². The maximum Gasteiger partial charge on any atom is 0.257 e. The van der Waals surface area contributed by atoms with Gasteiger partial charge in [0.25, 0.3) is 15.9 Å². The van der Waals surface area contributed by atoms with Crippen LogP contribution >= 0.6 is 11.8 Å². The lowest BCUT2D eigenvalue weighted by Crippen LogP contribution is -2.44. The van der Waals surface area contributed by atoms with Crippen molar-refractivity contribution in [2.24, 2.45) is 4.40 Å². The molecule has 0 atom stereocenters. The molecule has 0 bridgehead atoms. The molecule has 1 fully saturated rings. The Morgan fingerprint density at radius 1 is 1.12 bits per heavy atom. The van der Waals surface area contributed by atoms with E-state index in [9.17, 15) is 13.2 Å². The van der Waals surface area contributed by atoms with Crippen molar-refractivity contribution in [2.45, 2.75) is 11.4 Å². The van der Waals surface area contributed by atoms with Crippen molar-refractivity contribution in [1.82, 2.24) is 15.2 Å². The highest BCUT2D eigenvalue weighted by molar-refractivity contribution is 8.15. The SMILES string of the molecule is CN1CCN(c2ccc(CNC(=O)c3ccc4c(c3)SC3=NS(=O)(=O)CCN34)cn2)CC1. The van der Waals surface area contributed by atoms with Gasteiger partial charge < -0.3 is 20.0 Å². The molecule has 1 amide bonds. The van der Waals surface area contributed by atoms with Crippen molar-refractivity contribution in [3.63, 3.8) is 0 Å². The van der Waals surface area contributed by atoms with E-state index in [1.54, 1.807) is 12.1 Å². The van der Waals surface area contributed by atoms with Gasteiger partial charge in [-0.15, -0.1) is 4.40 Å². The molecule has 0 saturated carbocycles. The molecule has 1 N–H and O–H groups in total. The van der Waals surface area contributed by atoms with Crippen LogP contribution in [0.2, 0.25) is 0 Å². The number of rotatable bonds is 4. The molecular weight excluding hydrogens is 448 g/mol. The minimum Gasteiger partial charge on any atom is -0.354 e. The Bertz CT molecular complexity index is 1170. The zero-order valence-electron chi connectivity index (χ0n) is 17.7. The summed E-state index contributed by atoms with van der Waals surface area (Å²) in [6.07, 6.45) is 1.81. The van der Waals surface area contributed by atoms with Crippen LogP contribution in [0.1, 0.15) is 15.9 Å². The maximum absolute atomic E-state index is 12.7. The van der Waals surface area contributed by atoms with E-state index in [4.69, 9.17) is 0 Å². The molecule has 1 aromatic heterocycles. The summed E-state index contributed by atoms with van der Waals surface area (Å²) >= 11 is 1.28. The summed E-state index contributed by atoms with van der Waals surface area (Å²) in [5.41, 5.74) is 2.36. The van der Waals surface area contributed by atoms with Crippen LogP contribution in [-0.2, 0) is 16.6 Å². The highest BCUT2D eigenvalue weighted by Gasteiger charge is 2.33. The number of benzene rings is 1. The number of nitrogens with one attached hydrogen (secondary N) is 1. The van der Waals surface area contributed by atoms with E-state index < -0.39 is 10.0 Å². The molecule has 0 radical (unpaired) electrons. The lowest BCUT2D eigenvalue weighted by atomic mass is 10.1. The van der Waals surface area contributed by atoms with E-state index >= 15 is 0 Å². The molecule has 168 valence electrons. The number of fused-ring (bicyclic) bond motifs is 3. The predicted molar refractivity (Wildman–Crippen MR) is 126 cm³/mol. The Labute approximate surface area is 191 Å². The number of carbonyl (C=O) groups is 1. The normalized spacial score (nSPS) is 19.8. The van der Waals surface area contributed by atoms with Gasteiger partial charge >= 0.3 is 0 Å². The number of nitrogens with zero attached hydrogens (tertiary/aromatic N) is 5. The number of aromatic nitrogens is 1. The molecule has 5 rings (SSSR count). The largest absolute Gasteiger partial charge is 0.354 e. The minimum absolute atomic E-state index is 0.000368. The second-order valence-corrected chi connectivity index (χ2v) is 10.9. The van der Waals surface area contributed by atoms with Crippen LogP contribution in [0.15, 0.2) is 45.8 Å². The Morgan fingerprint density at radius 2 is 1.94 bits per heavy atom. The average Bonchev–Trinajstić information content (AvgIpc) is 3.13. The quantitative estimate of drug-likeness (QED) is 0.713. The van der Waals surface area contributed by atoms with Gasteiger partial charge in [0.2, 0.25) is 0 Å². The standard InChI is InChI=1S/C21H24N6O3S2/c1-25-6-8-26(9-7-25)19-5-2-15(13-22-19)14-23-20(28)16-3-4-17-18(12-16)31-21-24-32(29,30)11-10-27(17)21/h2-5,12-13H,6-11,14H2,1H3,(H,23,28). The number of likely N-dealkylation sites (N-methyl/N-ethyl adjacent to an activating group) is 1. The first kappa shape index (κ1) is 21.2. The highest BCUT2D eigenvalue weighted by Crippen LogP contribution is 2.42. The zero-order chi connectivity index (χ0) is 22.3. The van der Waals surface area contributed by atoms with E-state index in [-0.39, 0.29) is 11.7 Å². The van der Waals surface area contributed by atoms with Gasteiger partial charge in [-0.3, -0.25) is 4.79 Å². The molecule has 4 heterocycles. The first-order chi connectivity index (χ1) is 15.4. The predicted octanol–water partition coefficient (Wildman–Crippen LogP) is 1.37. The molecular formula is C21H24N6O3S2. The first-order valence-electron chi connectivity index (χ1n) is 10.5. The smallest absolute Gasteiger partial charge is 0.257 e. The summed E-state index contributed by atoms with van der Waals surface area (Å²) in [6.45, 7) is 4.75. The Kier molecular flexibility index (Phi) is 5.56. The number of pyridine rings is 1. The van der Waals surface area contributed by atoms with Crippen molar-refractivity contribution in [3.05, 3.63) is 47.7 Å². The van der Waals surface area contributed by atoms with Crippen molar-refractivity contribution in [3.8, 4) is 0 Å². The number of carbonyl (C=O) groups excluding carboxylic acids is 1. The van der Waals surface area contributed by atoms with Gasteiger partial charge in [-0.25, -0.2) is 13.4 Å². The second kappa shape index (κ2) is 8.38. The van der Waals surface area contributed by atoms with E-state index in [2.05, 4.69) is 31.5 Å². The number of amides is 1. The summed E-state index contributed by atoms with van der Waals surface area (Å²) in [7, 11) is -1.27. The van der Waals surface area contributed by atoms with Crippen LogP contribution in [0, 0.1) is 0 Å². The topological polar surface area (TPSA) is 98.2 Å². The van der Waals surface area contributed by atoms with Crippen LogP contribution in [-0.4, -0.2) is 74.9 Å². The van der Waals surface area contributed by atoms with Gasteiger partial charge in [0.15, 0.2) is 5.17 Å². The third-order valence-electron chi connectivity index (χ3n) is 5.82. The van der Waals surface area contributed by atoms with Crippen LogP contribution in [0.3, 0.4) is 0 Å². The molecule has 0 unspecified atom stereocenters. The molecule has 32 heavy (non-hydrogen) atoms. The monoisotopic (exact) mass is 472 g/mol. The van der Waals surface area contributed by atoms with E-state index in [0.29, 0.717) is 23.8 Å². The van der Waals surface area contributed by atoms with Gasteiger partial charge in [0.05, 0.1) is 11.4 Å². The van der Waals surface area contributed by atoms with Crippen LogP contribution in [0.25, 0.3) is 0 Å². The number of amidine groups is 1. The van der Waals surface area contributed by atoms with E-state index in [1.165, 1.54) is 11.8 Å². The van der Waals surface area contributed by atoms with Crippen molar-refractivity contribution in [1.29, 1.82) is 0 Å². The summed E-state index contributed by atoms with van der Waals surface area (Å²) < 4.78 is 27.4. The molecule has 3 aliphatic heterocycles. The Balaban J connectivity index is 1.21. The molecule has 11 heteroatoms. The average molecular weight is 473 g/mol. The van der Waals surface area contributed by atoms with E-state index in [0.717, 1.165) is 48.1 Å². The number of hydrogen-bond donors (Lipinski definition) is 1. The van der Waals surface area contributed by atoms with Crippen LogP contribution in [0.4, 0.5) is 11.5 Å². The number of anilines is 2. The van der Waals surface area contributed by atoms with Gasteiger partial charge in [-0.1, -0.05) is 6.07 Å². The highest BCUT2D eigenvalue weighted by atomic mass is 32.2. The van der Waals surface area contributed by atoms with Crippen molar-refractivity contribution < 1.29 is 13.2 Å². The zero-order valence-corrected chi connectivity index (χ0v) is 19.3. The van der Waals surface area contributed by atoms with Gasteiger partial charge in [0.1, 0.15) is 5.82 Å². The summed E-state index contributed by atoms with van der Waals surface area (Å²) in [6, 6.07) is 9.40. The molecule has 1 aromatic carbocycles. The fraction of sp³-hybridized carbons (Fsp3) is 0.381. The van der Waals surface area contributed by atoms with Gasteiger partial charge in [-0.05, 0) is 48.6 Å². The van der Waals surface area contributed by atoms with Crippen molar-refractivity contribution >= 4 is 44.4 Å². The molecule has 0 aliphatic carbocycles. The van der Waals surface area contributed by atoms with Crippen LogP contribution < -0.4 is 15.1 Å². The molecule has 2 aromatic rings. The summed E-state index contributed by atoms with van der Waals surface area (Å²) in [4.78, 5) is 24.6. The number of sulfonamides is 1. The third-order valence-corrected chi connectivity index (χ3v) is 8.13. The lowest BCUT2D eigenvalue weighted by molar-refractivity contribution is 0.0950.